The van der Waals surface area contributed by atoms with Gasteiger partial charge in [-0.1, -0.05) is 23.7 Å². The largest absolute Gasteiger partial charge is 0.444 e. The first kappa shape index (κ1) is 26.4. The lowest BCUT2D eigenvalue weighted by atomic mass is 10.0. The number of H-pyrrole nitrogens is 1. The molecule has 0 spiro atoms. The molecule has 3 amide bonds. The van der Waals surface area contributed by atoms with E-state index in [1.54, 1.807) is 54.8 Å². The van der Waals surface area contributed by atoms with Crippen molar-refractivity contribution in [3.63, 3.8) is 0 Å². The number of nitrogens with one attached hydrogen (secondary N) is 2. The molecule has 0 aliphatic carbocycles. The van der Waals surface area contributed by atoms with Crippen molar-refractivity contribution in [2.45, 2.75) is 38.8 Å². The summed E-state index contributed by atoms with van der Waals surface area (Å²) in [4.78, 5) is 49.2. The molecule has 37 heavy (non-hydrogen) atoms. The average Bonchev–Trinajstić information content (AvgIpc) is 3.27. The molecular weight excluding hydrogens is 501 g/mol. The Bertz CT molecular complexity index is 1300. The summed E-state index contributed by atoms with van der Waals surface area (Å²) < 4.78 is 18.9. The normalized spacial score (nSPS) is 14.9. The van der Waals surface area contributed by atoms with Gasteiger partial charge < -0.3 is 24.8 Å². The Labute approximate surface area is 218 Å². The minimum Gasteiger partial charge on any atom is -0.444 e. The molecule has 2 aromatic heterocycles. The van der Waals surface area contributed by atoms with Crippen molar-refractivity contribution in [1.29, 1.82) is 0 Å². The zero-order valence-corrected chi connectivity index (χ0v) is 21.6. The van der Waals surface area contributed by atoms with Gasteiger partial charge in [-0.2, -0.15) is 0 Å². The number of pyridine rings is 1. The Balaban J connectivity index is 1.48. The summed E-state index contributed by atoms with van der Waals surface area (Å²) in [6.07, 6.45) is 1.27. The van der Waals surface area contributed by atoms with Crippen LogP contribution in [0.5, 0.6) is 0 Å². The maximum absolute atomic E-state index is 13.5. The van der Waals surface area contributed by atoms with Crippen molar-refractivity contribution in [3.8, 4) is 0 Å². The van der Waals surface area contributed by atoms with Crippen molar-refractivity contribution in [2.24, 2.45) is 0 Å². The standard InChI is InChI=1S/C26H29ClFN5O4/c1-26(2,3)37-25(36)33-10-8-32(9-11-33)24(35)20(12-16-4-6-18(28)7-5-16)31-23(34)19-13-17-14-22(27)29-15-21(17)30-19/h4-7,13-15,20,30H,8-12H2,1-3H3,(H,31,34)/t20-/m0/s1. The van der Waals surface area contributed by atoms with E-state index in [1.165, 1.54) is 18.3 Å². The van der Waals surface area contributed by atoms with E-state index in [1.807, 2.05) is 0 Å². The third-order valence-corrected chi connectivity index (χ3v) is 6.12. The number of aromatic nitrogens is 2. The minimum atomic E-state index is -0.904. The fraction of sp³-hybridized carbons (Fsp3) is 0.385. The second kappa shape index (κ2) is 10.8. The van der Waals surface area contributed by atoms with E-state index in [-0.39, 0.29) is 23.8 Å². The van der Waals surface area contributed by atoms with Gasteiger partial charge in [0, 0.05) is 38.0 Å². The van der Waals surface area contributed by atoms with Crippen molar-refractivity contribution >= 4 is 40.4 Å². The molecule has 11 heteroatoms. The van der Waals surface area contributed by atoms with Gasteiger partial charge in [-0.05, 0) is 50.6 Å². The van der Waals surface area contributed by atoms with Crippen LogP contribution in [0, 0.1) is 5.82 Å². The van der Waals surface area contributed by atoms with Crippen LogP contribution in [-0.4, -0.2) is 75.5 Å². The molecule has 0 radical (unpaired) electrons. The third kappa shape index (κ3) is 6.76. The summed E-state index contributed by atoms with van der Waals surface area (Å²) in [5, 5.41) is 3.83. The molecule has 196 valence electrons. The third-order valence-electron chi connectivity index (χ3n) is 5.92. The maximum atomic E-state index is 13.5. The molecule has 0 saturated carbocycles. The summed E-state index contributed by atoms with van der Waals surface area (Å²) in [6, 6.07) is 8.16. The highest BCUT2D eigenvalue weighted by molar-refractivity contribution is 6.30. The van der Waals surface area contributed by atoms with Crippen LogP contribution >= 0.6 is 11.6 Å². The first-order chi connectivity index (χ1) is 17.5. The van der Waals surface area contributed by atoms with Gasteiger partial charge in [0.25, 0.3) is 5.91 Å². The number of aromatic amines is 1. The highest BCUT2D eigenvalue weighted by Crippen LogP contribution is 2.19. The van der Waals surface area contributed by atoms with Crippen molar-refractivity contribution in [3.05, 3.63) is 64.8 Å². The lowest BCUT2D eigenvalue weighted by molar-refractivity contribution is -0.135. The second-order valence-electron chi connectivity index (χ2n) is 9.93. The molecule has 3 heterocycles. The van der Waals surface area contributed by atoms with Crippen LogP contribution in [0.1, 0.15) is 36.8 Å². The summed E-state index contributed by atoms with van der Waals surface area (Å²) in [5.41, 5.74) is 0.971. The van der Waals surface area contributed by atoms with Gasteiger partial charge in [0.2, 0.25) is 5.91 Å². The number of fused-ring (bicyclic) bond motifs is 1. The summed E-state index contributed by atoms with van der Waals surface area (Å²) in [6.45, 7) is 6.61. The summed E-state index contributed by atoms with van der Waals surface area (Å²) in [7, 11) is 0. The van der Waals surface area contributed by atoms with Gasteiger partial charge >= 0.3 is 6.09 Å². The zero-order chi connectivity index (χ0) is 26.7. The topological polar surface area (TPSA) is 108 Å². The van der Waals surface area contributed by atoms with Gasteiger partial charge in [-0.25, -0.2) is 14.2 Å². The van der Waals surface area contributed by atoms with Crippen LogP contribution in [0.3, 0.4) is 0 Å². The SMILES string of the molecule is CC(C)(C)OC(=O)N1CCN(C(=O)[C@H](Cc2ccc(F)cc2)NC(=O)c2cc3cc(Cl)ncc3[nH]2)CC1. The first-order valence-electron chi connectivity index (χ1n) is 11.9. The number of amides is 3. The van der Waals surface area contributed by atoms with Crippen LogP contribution in [0.25, 0.3) is 10.9 Å². The monoisotopic (exact) mass is 529 g/mol. The molecule has 2 N–H and O–H groups in total. The highest BCUT2D eigenvalue weighted by Gasteiger charge is 2.32. The van der Waals surface area contributed by atoms with E-state index < -0.39 is 23.6 Å². The number of hydrogen-bond acceptors (Lipinski definition) is 5. The number of nitrogens with zero attached hydrogens (tertiary/aromatic N) is 3. The predicted molar refractivity (Wildman–Crippen MR) is 137 cm³/mol. The lowest BCUT2D eigenvalue weighted by Crippen LogP contribution is -2.56. The van der Waals surface area contributed by atoms with Crippen LogP contribution in [0.2, 0.25) is 5.15 Å². The van der Waals surface area contributed by atoms with Crippen LogP contribution in [-0.2, 0) is 16.0 Å². The van der Waals surface area contributed by atoms with Crippen molar-refractivity contribution in [2.75, 3.05) is 26.2 Å². The Morgan fingerprint density at radius 2 is 1.76 bits per heavy atom. The summed E-state index contributed by atoms with van der Waals surface area (Å²) in [5.74, 6) is -1.15. The number of carbonyl (C=O) groups is 3. The Morgan fingerprint density at radius 3 is 2.41 bits per heavy atom. The molecule has 4 rings (SSSR count). The van der Waals surface area contributed by atoms with Crippen LogP contribution in [0.4, 0.5) is 9.18 Å². The number of halogens is 2. The number of ether oxygens (including phenoxy) is 1. The second-order valence-corrected chi connectivity index (χ2v) is 10.3. The van der Waals surface area contributed by atoms with Gasteiger partial charge in [-0.3, -0.25) is 9.59 Å². The van der Waals surface area contributed by atoms with Crippen molar-refractivity contribution in [1.82, 2.24) is 25.1 Å². The van der Waals surface area contributed by atoms with Crippen molar-refractivity contribution < 1.29 is 23.5 Å². The van der Waals surface area contributed by atoms with Gasteiger partial charge in [0.05, 0.1) is 11.7 Å². The molecule has 1 aliphatic heterocycles. The number of benzene rings is 1. The number of piperazine rings is 1. The van der Waals surface area contributed by atoms with E-state index >= 15 is 0 Å². The van der Waals surface area contributed by atoms with E-state index in [4.69, 9.17) is 16.3 Å². The fourth-order valence-electron chi connectivity index (χ4n) is 4.08. The Hall–Kier alpha value is -3.66. The van der Waals surface area contributed by atoms with E-state index in [2.05, 4.69) is 15.3 Å². The Morgan fingerprint density at radius 1 is 1.11 bits per heavy atom. The minimum absolute atomic E-state index is 0.171. The smallest absolute Gasteiger partial charge is 0.410 e. The molecular formula is C26H29ClFN5O4. The average molecular weight is 530 g/mol. The van der Waals surface area contributed by atoms with Crippen LogP contribution < -0.4 is 5.32 Å². The molecule has 0 unspecified atom stereocenters. The molecule has 3 aromatic rings. The molecule has 9 nitrogen and oxygen atoms in total. The van der Waals surface area contributed by atoms with E-state index in [0.29, 0.717) is 47.8 Å². The predicted octanol–water partition coefficient (Wildman–Crippen LogP) is 3.78. The lowest BCUT2D eigenvalue weighted by Gasteiger charge is -2.37. The van der Waals surface area contributed by atoms with Gasteiger partial charge in [0.1, 0.15) is 28.3 Å². The van der Waals surface area contributed by atoms with E-state index in [0.717, 1.165) is 0 Å². The summed E-state index contributed by atoms with van der Waals surface area (Å²) >= 11 is 5.95. The fourth-order valence-corrected chi connectivity index (χ4v) is 4.24. The quantitative estimate of drug-likeness (QED) is 0.489. The maximum Gasteiger partial charge on any atom is 0.410 e. The molecule has 1 aliphatic rings. The Kier molecular flexibility index (Phi) is 7.68. The van der Waals surface area contributed by atoms with Crippen LogP contribution in [0.15, 0.2) is 42.6 Å². The number of hydrogen-bond donors (Lipinski definition) is 2. The van der Waals surface area contributed by atoms with Gasteiger partial charge in [-0.15, -0.1) is 0 Å². The molecule has 1 fully saturated rings. The molecule has 1 aromatic carbocycles. The molecule has 0 bridgehead atoms. The molecule has 1 saturated heterocycles. The first-order valence-corrected chi connectivity index (χ1v) is 12.3. The number of rotatable bonds is 5. The number of carbonyl (C=O) groups excluding carboxylic acids is 3. The van der Waals surface area contributed by atoms with E-state index in [9.17, 15) is 18.8 Å². The highest BCUT2D eigenvalue weighted by atomic mass is 35.5. The molecule has 1 atom stereocenters. The van der Waals surface area contributed by atoms with Gasteiger partial charge in [0.15, 0.2) is 0 Å². The zero-order valence-electron chi connectivity index (χ0n) is 20.9.